The predicted molar refractivity (Wildman–Crippen MR) is 81.6 cm³/mol. The highest BCUT2D eigenvalue weighted by Crippen LogP contribution is 2.28. The molecule has 1 saturated heterocycles. The Morgan fingerprint density at radius 2 is 1.74 bits per heavy atom. The molecule has 0 aromatic heterocycles. The van der Waals surface area contributed by atoms with Crippen LogP contribution in [0.3, 0.4) is 0 Å². The number of hydrogen-bond acceptors (Lipinski definition) is 2. The third kappa shape index (κ3) is 4.99. The lowest BCUT2D eigenvalue weighted by molar-refractivity contribution is 0.358. The molecule has 112 valence electrons. The molecule has 19 heavy (non-hydrogen) atoms. The van der Waals surface area contributed by atoms with Crippen LogP contribution in [0.5, 0.6) is 0 Å². The van der Waals surface area contributed by atoms with Gasteiger partial charge in [-0.25, -0.2) is 4.72 Å². The molecule has 2 atom stereocenters. The van der Waals surface area contributed by atoms with Crippen LogP contribution in [-0.2, 0) is 10.2 Å². The molecule has 4 nitrogen and oxygen atoms in total. The first-order chi connectivity index (χ1) is 9.08. The number of nitrogens with zero attached hydrogens (tertiary/aromatic N) is 1. The Bertz CT molecular complexity index is 367. The van der Waals surface area contributed by atoms with Crippen LogP contribution in [0.2, 0.25) is 0 Å². The maximum Gasteiger partial charge on any atom is 0.279 e. The highest BCUT2D eigenvalue weighted by molar-refractivity contribution is 9.09. The Kier molecular flexibility index (Phi) is 6.11. The van der Waals surface area contributed by atoms with E-state index in [0.717, 1.165) is 38.5 Å². The van der Waals surface area contributed by atoms with Crippen molar-refractivity contribution in [1.29, 1.82) is 0 Å². The minimum absolute atomic E-state index is 0.486. The van der Waals surface area contributed by atoms with Crippen LogP contribution >= 0.6 is 15.9 Å². The van der Waals surface area contributed by atoms with Gasteiger partial charge < -0.3 is 0 Å². The summed E-state index contributed by atoms with van der Waals surface area (Å²) in [6.07, 6.45) is 8.94. The average molecular weight is 353 g/mol. The second-order valence-electron chi connectivity index (χ2n) is 5.80. The monoisotopic (exact) mass is 352 g/mol. The Morgan fingerprint density at radius 3 is 2.37 bits per heavy atom. The van der Waals surface area contributed by atoms with E-state index in [-0.39, 0.29) is 0 Å². The van der Waals surface area contributed by atoms with Gasteiger partial charge in [0.2, 0.25) is 0 Å². The van der Waals surface area contributed by atoms with Crippen molar-refractivity contribution in [3.8, 4) is 0 Å². The fourth-order valence-electron chi connectivity index (χ4n) is 3.01. The van der Waals surface area contributed by atoms with Gasteiger partial charge >= 0.3 is 0 Å². The zero-order chi connectivity index (χ0) is 13.7. The molecule has 2 rings (SSSR count). The molecular weight excluding hydrogens is 328 g/mol. The lowest BCUT2D eigenvalue weighted by Gasteiger charge is -2.27. The van der Waals surface area contributed by atoms with Crippen LogP contribution in [0.4, 0.5) is 0 Å². The van der Waals surface area contributed by atoms with Crippen molar-refractivity contribution in [2.24, 2.45) is 5.92 Å². The van der Waals surface area contributed by atoms with Gasteiger partial charge in [-0.3, -0.25) is 0 Å². The lowest BCUT2D eigenvalue weighted by Crippen LogP contribution is -2.43. The fraction of sp³-hybridized carbons (Fsp3) is 1.00. The fourth-order valence-corrected chi connectivity index (χ4v) is 5.23. The van der Waals surface area contributed by atoms with E-state index in [1.165, 1.54) is 12.8 Å². The van der Waals surface area contributed by atoms with E-state index in [1.54, 1.807) is 4.31 Å². The third-order valence-corrected chi connectivity index (χ3v) is 6.59. The molecule has 0 radical (unpaired) electrons. The largest absolute Gasteiger partial charge is 0.279 e. The number of alkyl halides is 1. The average Bonchev–Trinajstić information content (AvgIpc) is 2.66. The Hall–Kier alpha value is 0.350. The molecule has 0 amide bonds. The lowest BCUT2D eigenvalue weighted by atomic mass is 9.89. The molecule has 0 bridgehead atoms. The van der Waals surface area contributed by atoms with Crippen LogP contribution in [0.15, 0.2) is 0 Å². The maximum atomic E-state index is 12.3. The summed E-state index contributed by atoms with van der Waals surface area (Å²) in [5.74, 6) is 0.486. The summed E-state index contributed by atoms with van der Waals surface area (Å²) in [6.45, 7) is 1.96. The van der Waals surface area contributed by atoms with Gasteiger partial charge in [0.25, 0.3) is 10.2 Å². The van der Waals surface area contributed by atoms with E-state index in [0.29, 0.717) is 30.4 Å². The highest BCUT2D eigenvalue weighted by atomic mass is 79.9. The standard InChI is InChI=1S/C13H25BrN2O2S/c14-13-7-5-6-12(10-13)11-15-19(17,18)16-8-3-1-2-4-9-16/h12-13,15H,1-11H2. The zero-order valence-electron chi connectivity index (χ0n) is 11.5. The van der Waals surface area contributed by atoms with Crippen LogP contribution in [0.1, 0.15) is 51.4 Å². The quantitative estimate of drug-likeness (QED) is 0.790. The first kappa shape index (κ1) is 15.7. The zero-order valence-corrected chi connectivity index (χ0v) is 13.9. The molecule has 2 aliphatic rings. The van der Waals surface area contributed by atoms with Crippen molar-refractivity contribution in [3.05, 3.63) is 0 Å². The number of rotatable bonds is 4. The predicted octanol–water partition coefficient (Wildman–Crippen LogP) is 2.65. The Labute approximate surface area is 125 Å². The summed E-state index contributed by atoms with van der Waals surface area (Å²) in [5, 5.41) is 0. The first-order valence-electron chi connectivity index (χ1n) is 7.47. The van der Waals surface area contributed by atoms with E-state index in [1.807, 2.05) is 0 Å². The summed E-state index contributed by atoms with van der Waals surface area (Å²) >= 11 is 3.65. The van der Waals surface area contributed by atoms with E-state index in [9.17, 15) is 8.42 Å². The van der Waals surface area contributed by atoms with Crippen molar-refractivity contribution in [1.82, 2.24) is 9.03 Å². The Balaban J connectivity index is 1.82. The highest BCUT2D eigenvalue weighted by Gasteiger charge is 2.25. The van der Waals surface area contributed by atoms with Crippen molar-refractivity contribution >= 4 is 26.1 Å². The molecule has 1 heterocycles. The molecule has 0 aromatic carbocycles. The molecule has 2 fully saturated rings. The molecule has 1 N–H and O–H groups in total. The normalized spacial score (nSPS) is 31.0. The van der Waals surface area contributed by atoms with Gasteiger partial charge in [0, 0.05) is 24.5 Å². The molecule has 1 saturated carbocycles. The van der Waals surface area contributed by atoms with E-state index in [4.69, 9.17) is 0 Å². The van der Waals surface area contributed by atoms with Gasteiger partial charge in [-0.15, -0.1) is 0 Å². The van der Waals surface area contributed by atoms with Crippen molar-refractivity contribution in [2.75, 3.05) is 19.6 Å². The third-order valence-electron chi connectivity index (χ3n) is 4.18. The van der Waals surface area contributed by atoms with Gasteiger partial charge in [-0.2, -0.15) is 12.7 Å². The van der Waals surface area contributed by atoms with Crippen LogP contribution in [-0.4, -0.2) is 37.2 Å². The van der Waals surface area contributed by atoms with Gasteiger partial charge in [-0.1, -0.05) is 35.2 Å². The maximum absolute atomic E-state index is 12.3. The summed E-state index contributed by atoms with van der Waals surface area (Å²) in [5.41, 5.74) is 0. The van der Waals surface area contributed by atoms with E-state index >= 15 is 0 Å². The summed E-state index contributed by atoms with van der Waals surface area (Å²) in [6, 6.07) is 0. The number of nitrogens with one attached hydrogen (secondary N) is 1. The van der Waals surface area contributed by atoms with E-state index < -0.39 is 10.2 Å². The minimum atomic E-state index is -3.26. The Morgan fingerprint density at radius 1 is 1.05 bits per heavy atom. The van der Waals surface area contributed by atoms with Crippen LogP contribution < -0.4 is 4.72 Å². The molecule has 0 aromatic rings. The minimum Gasteiger partial charge on any atom is -0.202 e. The smallest absolute Gasteiger partial charge is 0.202 e. The van der Waals surface area contributed by atoms with E-state index in [2.05, 4.69) is 20.7 Å². The van der Waals surface area contributed by atoms with Crippen LogP contribution in [0.25, 0.3) is 0 Å². The van der Waals surface area contributed by atoms with Gasteiger partial charge in [0.1, 0.15) is 0 Å². The molecule has 1 aliphatic carbocycles. The van der Waals surface area contributed by atoms with Crippen molar-refractivity contribution in [3.63, 3.8) is 0 Å². The molecule has 1 aliphatic heterocycles. The van der Waals surface area contributed by atoms with Gasteiger partial charge in [-0.05, 0) is 38.0 Å². The molecule has 6 heteroatoms. The number of halogens is 1. The van der Waals surface area contributed by atoms with Gasteiger partial charge in [0.15, 0.2) is 0 Å². The van der Waals surface area contributed by atoms with Crippen LogP contribution in [0, 0.1) is 5.92 Å². The van der Waals surface area contributed by atoms with Gasteiger partial charge in [0.05, 0.1) is 0 Å². The first-order valence-corrected chi connectivity index (χ1v) is 9.82. The summed E-state index contributed by atoms with van der Waals surface area (Å²) < 4.78 is 29.0. The second-order valence-corrected chi connectivity index (χ2v) is 8.85. The number of hydrogen-bond donors (Lipinski definition) is 1. The topological polar surface area (TPSA) is 49.4 Å². The molecule has 0 spiro atoms. The van der Waals surface area contributed by atoms with Crippen molar-refractivity contribution < 1.29 is 8.42 Å². The summed E-state index contributed by atoms with van der Waals surface area (Å²) in [4.78, 5) is 0.564. The molecular formula is C13H25BrN2O2S. The SMILES string of the molecule is O=S(=O)(NCC1CCCC(Br)C1)N1CCCCCC1. The summed E-state index contributed by atoms with van der Waals surface area (Å²) in [7, 11) is -3.26. The van der Waals surface area contributed by atoms with Crippen molar-refractivity contribution in [2.45, 2.75) is 56.2 Å². The molecule has 2 unspecified atom stereocenters. The second kappa shape index (κ2) is 7.38.